The normalized spacial score (nSPS) is 17.8. The van der Waals surface area contributed by atoms with Gasteiger partial charge < -0.3 is 20.7 Å². The van der Waals surface area contributed by atoms with E-state index in [9.17, 15) is 8.42 Å². The minimum atomic E-state index is -3.58. The van der Waals surface area contributed by atoms with Crippen molar-refractivity contribution in [2.75, 3.05) is 49.3 Å². The Bertz CT molecular complexity index is 1310. The summed E-state index contributed by atoms with van der Waals surface area (Å²) in [6, 6.07) is 13.2. The second kappa shape index (κ2) is 13.9. The molecule has 11 heteroatoms. The molecule has 0 aliphatic heterocycles. The molecule has 1 aromatic heterocycles. The molecule has 0 spiro atoms. The molecular formula is C28H41N7O3S. The Morgan fingerprint density at radius 3 is 2.23 bits per heavy atom. The van der Waals surface area contributed by atoms with Crippen molar-refractivity contribution in [3.05, 3.63) is 42.5 Å². The van der Waals surface area contributed by atoms with E-state index in [1.165, 1.54) is 0 Å². The number of fused-ring (bicyclic) bond motifs is 1. The van der Waals surface area contributed by atoms with Gasteiger partial charge in [-0.2, -0.15) is 15.0 Å². The quantitative estimate of drug-likeness (QED) is 0.213. The van der Waals surface area contributed by atoms with Crippen LogP contribution in [0.15, 0.2) is 47.4 Å². The van der Waals surface area contributed by atoms with Crippen LogP contribution < -0.4 is 20.7 Å². The highest BCUT2D eigenvalue weighted by Crippen LogP contribution is 2.29. The average Bonchev–Trinajstić information content (AvgIpc) is 2.93. The highest BCUT2D eigenvalue weighted by atomic mass is 32.2. The third-order valence-electron chi connectivity index (χ3n) is 6.98. The molecule has 1 saturated carbocycles. The third kappa shape index (κ3) is 8.48. The number of aromatic nitrogens is 3. The first-order chi connectivity index (χ1) is 18.8. The lowest BCUT2D eigenvalue weighted by Gasteiger charge is -2.28. The Morgan fingerprint density at radius 1 is 0.872 bits per heavy atom. The Balaban J connectivity index is 1.27. The van der Waals surface area contributed by atoms with Crippen molar-refractivity contribution in [1.82, 2.24) is 19.7 Å². The van der Waals surface area contributed by atoms with Gasteiger partial charge in [-0.15, -0.1) is 0 Å². The summed E-state index contributed by atoms with van der Waals surface area (Å²) in [6.45, 7) is 6.71. The first kappa shape index (κ1) is 29.0. The number of nitrogens with zero attached hydrogens (tertiary/aromatic N) is 3. The van der Waals surface area contributed by atoms with Crippen LogP contribution in [0.2, 0.25) is 0 Å². The summed E-state index contributed by atoms with van der Waals surface area (Å²) in [5, 5.41) is 11.6. The van der Waals surface area contributed by atoms with Crippen LogP contribution in [0, 0.1) is 11.8 Å². The van der Waals surface area contributed by atoms with Gasteiger partial charge in [-0.25, -0.2) is 13.1 Å². The predicted octanol–water partition coefficient (Wildman–Crippen LogP) is 4.49. The molecule has 0 bridgehead atoms. The lowest BCUT2D eigenvalue weighted by molar-refractivity contribution is 0.197. The molecular weight excluding hydrogens is 514 g/mol. The molecule has 1 aliphatic carbocycles. The topological polar surface area (TPSA) is 130 Å². The van der Waals surface area contributed by atoms with Crippen LogP contribution in [-0.2, 0) is 14.8 Å². The number of benzene rings is 2. The summed E-state index contributed by atoms with van der Waals surface area (Å²) in [4.78, 5) is 13.9. The van der Waals surface area contributed by atoms with Crippen LogP contribution in [0.25, 0.3) is 10.8 Å². The van der Waals surface area contributed by atoms with Crippen LogP contribution in [0.1, 0.15) is 46.0 Å². The van der Waals surface area contributed by atoms with Crippen molar-refractivity contribution < 1.29 is 13.2 Å². The Labute approximate surface area is 231 Å². The number of ether oxygens (including phenoxy) is 1. The summed E-state index contributed by atoms with van der Waals surface area (Å²) in [6.07, 6.45) is 4.87. The Kier molecular flexibility index (Phi) is 10.3. The van der Waals surface area contributed by atoms with Crippen LogP contribution >= 0.6 is 0 Å². The van der Waals surface area contributed by atoms with E-state index in [4.69, 9.17) is 4.74 Å². The number of methoxy groups -OCH3 is 1. The van der Waals surface area contributed by atoms with Crippen LogP contribution in [-0.4, -0.2) is 62.8 Å². The number of rotatable bonds is 14. The highest BCUT2D eigenvalue weighted by molar-refractivity contribution is 7.89. The first-order valence-electron chi connectivity index (χ1n) is 13.8. The zero-order valence-electron chi connectivity index (χ0n) is 23.1. The molecule has 3 aromatic rings. The van der Waals surface area contributed by atoms with Crippen molar-refractivity contribution in [1.29, 1.82) is 0 Å². The largest absolute Gasteiger partial charge is 0.385 e. The van der Waals surface area contributed by atoms with Gasteiger partial charge >= 0.3 is 0 Å². The minimum absolute atomic E-state index is 0.204. The first-order valence-corrected chi connectivity index (χ1v) is 15.3. The third-order valence-corrected chi connectivity index (χ3v) is 8.46. The zero-order valence-corrected chi connectivity index (χ0v) is 23.9. The van der Waals surface area contributed by atoms with Crippen molar-refractivity contribution in [2.45, 2.75) is 56.9 Å². The van der Waals surface area contributed by atoms with Gasteiger partial charge in [0.05, 0.1) is 4.90 Å². The maximum atomic E-state index is 13.1. The van der Waals surface area contributed by atoms with E-state index in [1.54, 1.807) is 19.2 Å². The summed E-state index contributed by atoms with van der Waals surface area (Å²) in [7, 11) is -1.89. The van der Waals surface area contributed by atoms with E-state index in [2.05, 4.69) is 35.6 Å². The molecule has 2 aromatic carbocycles. The van der Waals surface area contributed by atoms with Gasteiger partial charge in [-0.1, -0.05) is 36.4 Å². The average molecular weight is 556 g/mol. The molecule has 0 saturated heterocycles. The molecule has 39 heavy (non-hydrogen) atoms. The van der Waals surface area contributed by atoms with E-state index in [0.717, 1.165) is 49.4 Å². The van der Waals surface area contributed by atoms with E-state index >= 15 is 0 Å². The molecule has 10 nitrogen and oxygen atoms in total. The maximum absolute atomic E-state index is 13.1. The van der Waals surface area contributed by atoms with E-state index < -0.39 is 10.0 Å². The minimum Gasteiger partial charge on any atom is -0.385 e. The molecule has 0 atom stereocenters. The highest BCUT2D eigenvalue weighted by Gasteiger charge is 2.24. The molecule has 0 unspecified atom stereocenters. The van der Waals surface area contributed by atoms with Crippen LogP contribution in [0.5, 0.6) is 0 Å². The molecule has 1 heterocycles. The van der Waals surface area contributed by atoms with Gasteiger partial charge in [0.1, 0.15) is 0 Å². The lowest BCUT2D eigenvalue weighted by Crippen LogP contribution is -2.32. The summed E-state index contributed by atoms with van der Waals surface area (Å²) in [5.74, 6) is 2.43. The number of hydrogen-bond acceptors (Lipinski definition) is 9. The van der Waals surface area contributed by atoms with E-state index in [-0.39, 0.29) is 6.04 Å². The fourth-order valence-corrected chi connectivity index (χ4v) is 6.23. The van der Waals surface area contributed by atoms with Gasteiger partial charge in [-0.3, -0.25) is 0 Å². The smallest absolute Gasteiger partial charge is 0.241 e. The fourth-order valence-electron chi connectivity index (χ4n) is 4.88. The van der Waals surface area contributed by atoms with Gasteiger partial charge in [0.2, 0.25) is 27.9 Å². The fraction of sp³-hybridized carbons (Fsp3) is 0.536. The van der Waals surface area contributed by atoms with Gasteiger partial charge in [-0.05, 0) is 69.2 Å². The SMILES string of the molecule is COCCCNc1nc(NCC2CCC(CNS(=O)(=O)c3cccc4ccccc34)CC2)nc(NC(C)C)n1. The van der Waals surface area contributed by atoms with Crippen LogP contribution in [0.3, 0.4) is 0 Å². The standard InChI is InChI=1S/C28H41N7O3S/c1-20(2)32-28-34-26(29-16-7-17-38-3)33-27(35-28)30-18-21-12-14-22(15-13-21)19-31-39(36,37)25-11-6-9-23-8-4-5-10-24(23)25/h4-6,8-11,20-22,31H,7,12-19H2,1-3H3,(H3,29,30,32,33,34,35). The molecule has 1 aliphatic rings. The predicted molar refractivity (Wildman–Crippen MR) is 157 cm³/mol. The number of anilines is 3. The number of nitrogens with one attached hydrogen (secondary N) is 4. The lowest BCUT2D eigenvalue weighted by atomic mass is 9.82. The van der Waals surface area contributed by atoms with E-state index in [0.29, 0.717) is 54.3 Å². The molecule has 0 radical (unpaired) electrons. The summed E-state index contributed by atoms with van der Waals surface area (Å²) >= 11 is 0. The summed E-state index contributed by atoms with van der Waals surface area (Å²) in [5.41, 5.74) is 0. The molecule has 4 rings (SSSR count). The van der Waals surface area contributed by atoms with Gasteiger partial charge in [0.15, 0.2) is 0 Å². The van der Waals surface area contributed by atoms with Crippen molar-refractivity contribution in [3.8, 4) is 0 Å². The molecule has 212 valence electrons. The Morgan fingerprint density at radius 2 is 1.51 bits per heavy atom. The monoisotopic (exact) mass is 555 g/mol. The second-order valence-corrected chi connectivity index (χ2v) is 12.2. The van der Waals surface area contributed by atoms with E-state index in [1.807, 2.05) is 44.2 Å². The molecule has 0 amide bonds. The van der Waals surface area contributed by atoms with Crippen molar-refractivity contribution in [2.24, 2.45) is 11.8 Å². The Hall–Kier alpha value is -3.02. The second-order valence-electron chi connectivity index (χ2n) is 10.5. The van der Waals surface area contributed by atoms with Crippen molar-refractivity contribution in [3.63, 3.8) is 0 Å². The van der Waals surface area contributed by atoms with Crippen molar-refractivity contribution >= 4 is 38.6 Å². The van der Waals surface area contributed by atoms with Crippen LogP contribution in [0.4, 0.5) is 17.8 Å². The summed E-state index contributed by atoms with van der Waals surface area (Å²) < 4.78 is 34.1. The maximum Gasteiger partial charge on any atom is 0.241 e. The zero-order chi connectivity index (χ0) is 27.7. The van der Waals surface area contributed by atoms with Gasteiger partial charge in [0.25, 0.3) is 0 Å². The molecule has 1 fully saturated rings. The number of hydrogen-bond donors (Lipinski definition) is 4. The number of sulfonamides is 1. The van der Waals surface area contributed by atoms with Gasteiger partial charge in [0, 0.05) is 44.8 Å². The molecule has 4 N–H and O–H groups in total.